The van der Waals surface area contributed by atoms with Gasteiger partial charge in [0.05, 0.1) is 0 Å². The van der Waals surface area contributed by atoms with Crippen molar-refractivity contribution in [3.05, 3.63) is 54.3 Å². The van der Waals surface area contributed by atoms with Crippen molar-refractivity contribution in [1.29, 1.82) is 0 Å². The van der Waals surface area contributed by atoms with Crippen molar-refractivity contribution in [3.8, 4) is 5.75 Å². The first-order chi connectivity index (χ1) is 12.0. The molecule has 2 aromatic rings. The van der Waals surface area contributed by atoms with Crippen LogP contribution < -0.4 is 15.0 Å². The lowest BCUT2D eigenvalue weighted by Gasteiger charge is -2.18. The van der Waals surface area contributed by atoms with Gasteiger partial charge in [-0.3, -0.25) is 9.59 Å². The minimum Gasteiger partial charge on any atom is -0.481 e. The lowest BCUT2D eigenvalue weighted by Crippen LogP contribution is -2.30. The first kappa shape index (κ1) is 17.0. The van der Waals surface area contributed by atoms with E-state index in [1.165, 1.54) is 24.3 Å². The van der Waals surface area contributed by atoms with Crippen LogP contribution in [-0.2, 0) is 9.59 Å². The number of hydrogen-bond donors (Lipinski definition) is 1. The quantitative estimate of drug-likeness (QED) is 0.906. The van der Waals surface area contributed by atoms with E-state index < -0.39 is 6.10 Å². The normalized spacial score (nSPS) is 15.1. The molecule has 2 aromatic carbocycles. The molecule has 25 heavy (non-hydrogen) atoms. The Hall–Kier alpha value is -2.89. The van der Waals surface area contributed by atoms with E-state index in [9.17, 15) is 14.0 Å². The number of ether oxygens (including phenoxy) is 1. The molecule has 1 atom stereocenters. The fraction of sp³-hybridized carbons (Fsp3) is 0.263. The summed E-state index contributed by atoms with van der Waals surface area (Å²) in [6.45, 7) is 2.37. The molecule has 0 spiro atoms. The molecule has 1 aliphatic heterocycles. The van der Waals surface area contributed by atoms with E-state index in [2.05, 4.69) is 5.32 Å². The van der Waals surface area contributed by atoms with Crippen LogP contribution >= 0.6 is 0 Å². The molecule has 1 fully saturated rings. The van der Waals surface area contributed by atoms with Crippen LogP contribution in [0.15, 0.2) is 48.5 Å². The fourth-order valence-corrected chi connectivity index (χ4v) is 2.66. The van der Waals surface area contributed by atoms with Crippen molar-refractivity contribution < 1.29 is 18.7 Å². The Bertz CT molecular complexity index is 759. The molecular formula is C19H19FN2O3. The first-order valence-corrected chi connectivity index (χ1v) is 8.16. The van der Waals surface area contributed by atoms with Crippen molar-refractivity contribution in [2.24, 2.45) is 0 Å². The second kappa shape index (κ2) is 7.34. The van der Waals surface area contributed by atoms with Gasteiger partial charge < -0.3 is 15.0 Å². The SMILES string of the molecule is C[C@H](Oc1ccc(N2CCCC2=O)cc1)C(=O)Nc1ccc(F)cc1. The fourth-order valence-electron chi connectivity index (χ4n) is 2.66. The summed E-state index contributed by atoms with van der Waals surface area (Å²) in [5.41, 5.74) is 1.34. The van der Waals surface area contributed by atoms with Crippen LogP contribution in [0.25, 0.3) is 0 Å². The van der Waals surface area contributed by atoms with E-state index in [0.29, 0.717) is 17.9 Å². The Morgan fingerprint density at radius 1 is 1.16 bits per heavy atom. The lowest BCUT2D eigenvalue weighted by atomic mass is 10.2. The molecule has 0 radical (unpaired) electrons. The largest absolute Gasteiger partial charge is 0.481 e. The van der Waals surface area contributed by atoms with Gasteiger partial charge >= 0.3 is 0 Å². The molecule has 0 unspecified atom stereocenters. The van der Waals surface area contributed by atoms with Crippen molar-refractivity contribution in [3.63, 3.8) is 0 Å². The molecule has 0 aromatic heterocycles. The Labute approximate surface area is 145 Å². The minimum atomic E-state index is -0.718. The van der Waals surface area contributed by atoms with Crippen molar-refractivity contribution in [1.82, 2.24) is 0 Å². The summed E-state index contributed by atoms with van der Waals surface area (Å²) in [7, 11) is 0. The van der Waals surface area contributed by atoms with Crippen LogP contribution in [0.2, 0.25) is 0 Å². The van der Waals surface area contributed by atoms with E-state index in [0.717, 1.165) is 18.7 Å². The van der Waals surface area contributed by atoms with Crippen LogP contribution in [0.5, 0.6) is 5.75 Å². The molecule has 0 bridgehead atoms. The van der Waals surface area contributed by atoms with Crippen LogP contribution in [0, 0.1) is 5.82 Å². The Morgan fingerprint density at radius 3 is 2.44 bits per heavy atom. The van der Waals surface area contributed by atoms with E-state index >= 15 is 0 Å². The number of nitrogens with zero attached hydrogens (tertiary/aromatic N) is 1. The summed E-state index contributed by atoms with van der Waals surface area (Å²) in [6.07, 6.45) is 0.737. The summed E-state index contributed by atoms with van der Waals surface area (Å²) < 4.78 is 18.5. The molecule has 0 aliphatic carbocycles. The van der Waals surface area contributed by atoms with Crippen molar-refractivity contribution >= 4 is 23.2 Å². The smallest absolute Gasteiger partial charge is 0.265 e. The van der Waals surface area contributed by atoms with Gasteiger partial charge in [-0.2, -0.15) is 0 Å². The summed E-state index contributed by atoms with van der Waals surface area (Å²) in [5.74, 6) is -0.0258. The molecule has 1 aliphatic rings. The topological polar surface area (TPSA) is 58.6 Å². The molecule has 0 saturated carbocycles. The van der Waals surface area contributed by atoms with Gasteiger partial charge in [0.2, 0.25) is 5.91 Å². The molecule has 1 heterocycles. The van der Waals surface area contributed by atoms with Gasteiger partial charge in [-0.25, -0.2) is 4.39 Å². The van der Waals surface area contributed by atoms with E-state index in [4.69, 9.17) is 4.74 Å². The van der Waals surface area contributed by atoms with E-state index in [1.54, 1.807) is 24.0 Å². The van der Waals surface area contributed by atoms with Crippen LogP contribution in [0.4, 0.5) is 15.8 Å². The number of carbonyl (C=O) groups excluding carboxylic acids is 2. The van der Waals surface area contributed by atoms with Gasteiger partial charge in [-0.05, 0) is 61.9 Å². The Kier molecular flexibility index (Phi) is 4.97. The maximum Gasteiger partial charge on any atom is 0.265 e. The highest BCUT2D eigenvalue weighted by Crippen LogP contribution is 2.24. The predicted molar refractivity (Wildman–Crippen MR) is 93.1 cm³/mol. The Balaban J connectivity index is 1.58. The summed E-state index contributed by atoms with van der Waals surface area (Å²) in [5, 5.41) is 2.67. The highest BCUT2D eigenvalue weighted by Gasteiger charge is 2.21. The highest BCUT2D eigenvalue weighted by atomic mass is 19.1. The number of halogens is 1. The predicted octanol–water partition coefficient (Wildman–Crippen LogP) is 3.36. The highest BCUT2D eigenvalue weighted by molar-refractivity contribution is 5.95. The summed E-state index contributed by atoms with van der Waals surface area (Å²) in [4.78, 5) is 25.6. The number of rotatable bonds is 5. The molecule has 3 rings (SSSR count). The molecular weight excluding hydrogens is 323 g/mol. The number of amides is 2. The number of nitrogens with one attached hydrogen (secondary N) is 1. The third-order valence-corrected chi connectivity index (χ3v) is 4.02. The number of carbonyl (C=O) groups is 2. The average Bonchev–Trinajstić information content (AvgIpc) is 3.03. The van der Waals surface area contributed by atoms with Crippen LogP contribution in [0.3, 0.4) is 0 Å². The zero-order chi connectivity index (χ0) is 17.8. The maximum absolute atomic E-state index is 12.9. The second-order valence-corrected chi connectivity index (χ2v) is 5.90. The molecule has 2 amide bonds. The van der Waals surface area contributed by atoms with E-state index in [-0.39, 0.29) is 17.6 Å². The molecule has 130 valence electrons. The van der Waals surface area contributed by atoms with Gasteiger partial charge in [-0.15, -0.1) is 0 Å². The maximum atomic E-state index is 12.9. The average molecular weight is 342 g/mol. The third kappa shape index (κ3) is 4.15. The summed E-state index contributed by atoms with van der Waals surface area (Å²) >= 11 is 0. The molecule has 5 nitrogen and oxygen atoms in total. The number of anilines is 2. The first-order valence-electron chi connectivity index (χ1n) is 8.16. The molecule has 6 heteroatoms. The summed E-state index contributed by atoms with van der Waals surface area (Å²) in [6, 6.07) is 12.6. The Morgan fingerprint density at radius 2 is 1.84 bits per heavy atom. The zero-order valence-electron chi connectivity index (χ0n) is 13.9. The van der Waals surface area contributed by atoms with E-state index in [1.807, 2.05) is 12.1 Å². The second-order valence-electron chi connectivity index (χ2n) is 5.90. The van der Waals surface area contributed by atoms with Crippen LogP contribution in [0.1, 0.15) is 19.8 Å². The van der Waals surface area contributed by atoms with Gasteiger partial charge in [-0.1, -0.05) is 0 Å². The standard InChI is InChI=1S/C19H19FN2O3/c1-13(19(24)21-15-6-4-14(20)5-7-15)25-17-10-8-16(9-11-17)22-12-2-3-18(22)23/h4-11,13H,2-3,12H2,1H3,(H,21,24)/t13-/m0/s1. The number of benzene rings is 2. The van der Waals surface area contributed by atoms with Gasteiger partial charge in [0.25, 0.3) is 5.91 Å². The number of hydrogen-bond acceptors (Lipinski definition) is 3. The lowest BCUT2D eigenvalue weighted by molar-refractivity contribution is -0.122. The minimum absolute atomic E-state index is 0.126. The van der Waals surface area contributed by atoms with Gasteiger partial charge in [0.1, 0.15) is 11.6 Å². The monoisotopic (exact) mass is 342 g/mol. The zero-order valence-corrected chi connectivity index (χ0v) is 13.9. The van der Waals surface area contributed by atoms with Gasteiger partial charge in [0.15, 0.2) is 6.10 Å². The van der Waals surface area contributed by atoms with Crippen LogP contribution in [-0.4, -0.2) is 24.5 Å². The molecule has 1 saturated heterocycles. The third-order valence-electron chi connectivity index (χ3n) is 4.02. The van der Waals surface area contributed by atoms with Crippen molar-refractivity contribution in [2.45, 2.75) is 25.9 Å². The molecule has 1 N–H and O–H groups in total. The van der Waals surface area contributed by atoms with Crippen molar-refractivity contribution in [2.75, 3.05) is 16.8 Å². The van der Waals surface area contributed by atoms with Gasteiger partial charge in [0, 0.05) is 24.3 Å².